The molecule has 1 aromatic carbocycles. The summed E-state index contributed by atoms with van der Waals surface area (Å²) in [6, 6.07) is 9.45. The van der Waals surface area contributed by atoms with E-state index in [1.807, 2.05) is 24.3 Å². The van der Waals surface area contributed by atoms with Crippen LogP contribution in [-0.2, 0) is 4.79 Å². The summed E-state index contributed by atoms with van der Waals surface area (Å²) < 4.78 is 0. The first kappa shape index (κ1) is 14.6. The van der Waals surface area contributed by atoms with Gasteiger partial charge in [-0.15, -0.1) is 0 Å². The molecule has 0 saturated heterocycles. The van der Waals surface area contributed by atoms with E-state index in [2.05, 4.69) is 20.8 Å². The van der Waals surface area contributed by atoms with Gasteiger partial charge < -0.3 is 20.8 Å². The zero-order valence-corrected chi connectivity index (χ0v) is 11.3. The number of H-pyrrole nitrogens is 1. The number of amides is 2. The standard InChI is InChI=1S/C14H16N4O3/c19-13(9-17-21)15-6-3-7-16-14(20)12-8-10-4-1-2-5-11(10)18-12/h1-2,4-5,8-9,18,21H,3,6-7H2,(H,15,19)(H,16,20)/b17-9-. The SMILES string of the molecule is O=C(/C=N\O)NCCCNC(=O)c1cc2ccccc2[nH]1. The van der Waals surface area contributed by atoms with E-state index in [0.29, 0.717) is 25.2 Å². The summed E-state index contributed by atoms with van der Waals surface area (Å²) >= 11 is 0. The Morgan fingerprint density at radius 3 is 2.76 bits per heavy atom. The predicted octanol–water partition coefficient (Wildman–Crippen LogP) is 0.864. The molecule has 21 heavy (non-hydrogen) atoms. The minimum atomic E-state index is -0.473. The minimum absolute atomic E-state index is 0.186. The molecule has 0 aliphatic carbocycles. The van der Waals surface area contributed by atoms with Crippen molar-refractivity contribution in [2.75, 3.05) is 13.1 Å². The average molecular weight is 288 g/mol. The zero-order chi connectivity index (χ0) is 15.1. The normalized spacial score (nSPS) is 10.9. The number of oxime groups is 1. The number of carbonyl (C=O) groups is 2. The Labute approximate surface area is 121 Å². The van der Waals surface area contributed by atoms with Crippen molar-refractivity contribution in [1.29, 1.82) is 0 Å². The lowest BCUT2D eigenvalue weighted by Gasteiger charge is -2.04. The Morgan fingerprint density at radius 1 is 1.24 bits per heavy atom. The number of hydrogen-bond acceptors (Lipinski definition) is 4. The van der Waals surface area contributed by atoms with Crippen molar-refractivity contribution < 1.29 is 14.8 Å². The van der Waals surface area contributed by atoms with Crippen LogP contribution in [0, 0.1) is 0 Å². The van der Waals surface area contributed by atoms with Crippen molar-refractivity contribution in [1.82, 2.24) is 15.6 Å². The first-order chi connectivity index (χ1) is 10.2. The molecular formula is C14H16N4O3. The molecule has 2 amide bonds. The van der Waals surface area contributed by atoms with Crippen molar-refractivity contribution in [2.45, 2.75) is 6.42 Å². The van der Waals surface area contributed by atoms with Crippen LogP contribution in [0.15, 0.2) is 35.5 Å². The number of fused-ring (bicyclic) bond motifs is 1. The molecule has 0 bridgehead atoms. The van der Waals surface area contributed by atoms with Crippen LogP contribution in [0.4, 0.5) is 0 Å². The minimum Gasteiger partial charge on any atom is -0.411 e. The van der Waals surface area contributed by atoms with Crippen molar-refractivity contribution >= 4 is 28.9 Å². The van der Waals surface area contributed by atoms with E-state index in [9.17, 15) is 9.59 Å². The fourth-order valence-corrected chi connectivity index (χ4v) is 1.89. The van der Waals surface area contributed by atoms with Gasteiger partial charge in [0.2, 0.25) is 0 Å². The van der Waals surface area contributed by atoms with Crippen LogP contribution in [-0.4, -0.2) is 41.3 Å². The Balaban J connectivity index is 1.76. The Morgan fingerprint density at radius 2 is 2.00 bits per heavy atom. The molecule has 2 aromatic rings. The number of para-hydroxylation sites is 1. The van der Waals surface area contributed by atoms with Gasteiger partial charge in [-0.1, -0.05) is 23.4 Å². The second-order valence-electron chi connectivity index (χ2n) is 4.42. The fraction of sp³-hybridized carbons (Fsp3) is 0.214. The molecule has 7 nitrogen and oxygen atoms in total. The van der Waals surface area contributed by atoms with Gasteiger partial charge in [0.15, 0.2) is 0 Å². The van der Waals surface area contributed by atoms with E-state index in [1.54, 1.807) is 6.07 Å². The molecule has 0 aliphatic heterocycles. The third kappa shape index (κ3) is 4.07. The highest BCUT2D eigenvalue weighted by molar-refractivity contribution is 6.25. The van der Waals surface area contributed by atoms with Gasteiger partial charge in [-0.05, 0) is 18.6 Å². The first-order valence-corrected chi connectivity index (χ1v) is 6.52. The molecule has 0 saturated carbocycles. The van der Waals surface area contributed by atoms with E-state index in [1.165, 1.54) is 0 Å². The number of aromatic amines is 1. The molecule has 7 heteroatoms. The number of benzene rings is 1. The van der Waals surface area contributed by atoms with E-state index in [0.717, 1.165) is 17.1 Å². The highest BCUT2D eigenvalue weighted by Crippen LogP contribution is 2.14. The Hall–Kier alpha value is -2.83. The largest absolute Gasteiger partial charge is 0.411 e. The van der Waals surface area contributed by atoms with Gasteiger partial charge in [0.05, 0.1) is 0 Å². The molecule has 1 heterocycles. The second-order valence-corrected chi connectivity index (χ2v) is 4.42. The van der Waals surface area contributed by atoms with Gasteiger partial charge in [-0.3, -0.25) is 9.59 Å². The van der Waals surface area contributed by atoms with Crippen LogP contribution in [0.25, 0.3) is 10.9 Å². The number of carbonyl (C=O) groups excluding carboxylic acids is 2. The zero-order valence-electron chi connectivity index (χ0n) is 11.3. The maximum atomic E-state index is 11.9. The molecule has 0 unspecified atom stereocenters. The van der Waals surface area contributed by atoms with Crippen molar-refractivity contribution in [3.05, 3.63) is 36.0 Å². The molecule has 0 radical (unpaired) electrons. The Bertz CT molecular complexity index is 630. The summed E-state index contributed by atoms with van der Waals surface area (Å²) in [5, 5.41) is 17.0. The molecule has 0 spiro atoms. The van der Waals surface area contributed by atoms with E-state index in [-0.39, 0.29) is 5.91 Å². The van der Waals surface area contributed by atoms with E-state index < -0.39 is 5.91 Å². The van der Waals surface area contributed by atoms with Gasteiger partial charge >= 0.3 is 0 Å². The third-order valence-corrected chi connectivity index (χ3v) is 2.89. The summed E-state index contributed by atoms with van der Waals surface area (Å²) in [5.41, 5.74) is 1.42. The van der Waals surface area contributed by atoms with Crippen LogP contribution in [0.3, 0.4) is 0 Å². The average Bonchev–Trinajstić information content (AvgIpc) is 2.91. The maximum absolute atomic E-state index is 11.9. The van der Waals surface area contributed by atoms with Gasteiger partial charge in [0.25, 0.3) is 11.8 Å². The molecule has 4 N–H and O–H groups in total. The van der Waals surface area contributed by atoms with Gasteiger partial charge in [0.1, 0.15) is 11.9 Å². The second kappa shape index (κ2) is 7.09. The highest BCUT2D eigenvalue weighted by Gasteiger charge is 2.08. The topological polar surface area (TPSA) is 107 Å². The van der Waals surface area contributed by atoms with E-state index >= 15 is 0 Å². The molecular weight excluding hydrogens is 272 g/mol. The van der Waals surface area contributed by atoms with Crippen molar-refractivity contribution in [2.24, 2.45) is 5.16 Å². The molecule has 0 atom stereocenters. The number of nitrogens with zero attached hydrogens (tertiary/aromatic N) is 1. The third-order valence-electron chi connectivity index (χ3n) is 2.89. The van der Waals surface area contributed by atoms with Crippen molar-refractivity contribution in [3.63, 3.8) is 0 Å². The number of rotatable bonds is 6. The van der Waals surface area contributed by atoms with Gasteiger partial charge in [0, 0.05) is 24.0 Å². The summed E-state index contributed by atoms with van der Waals surface area (Å²) in [6.07, 6.45) is 1.36. The molecule has 2 rings (SSSR count). The number of nitrogens with one attached hydrogen (secondary N) is 3. The lowest BCUT2D eigenvalue weighted by atomic mass is 10.2. The first-order valence-electron chi connectivity index (χ1n) is 6.52. The van der Waals surface area contributed by atoms with Gasteiger partial charge in [-0.25, -0.2) is 0 Å². The predicted molar refractivity (Wildman–Crippen MR) is 78.5 cm³/mol. The van der Waals surface area contributed by atoms with Crippen LogP contribution < -0.4 is 10.6 Å². The number of hydrogen-bond donors (Lipinski definition) is 4. The summed E-state index contributed by atoms with van der Waals surface area (Å²) in [7, 11) is 0. The van der Waals surface area contributed by atoms with Crippen LogP contribution in [0.2, 0.25) is 0 Å². The molecule has 110 valence electrons. The highest BCUT2D eigenvalue weighted by atomic mass is 16.4. The quantitative estimate of drug-likeness (QED) is 0.274. The van der Waals surface area contributed by atoms with Gasteiger partial charge in [-0.2, -0.15) is 0 Å². The Kier molecular flexibility index (Phi) is 4.92. The maximum Gasteiger partial charge on any atom is 0.267 e. The number of aromatic nitrogens is 1. The van der Waals surface area contributed by atoms with Crippen LogP contribution >= 0.6 is 0 Å². The smallest absolute Gasteiger partial charge is 0.267 e. The molecule has 0 fully saturated rings. The molecule has 0 aliphatic rings. The summed E-state index contributed by atoms with van der Waals surface area (Å²) in [6.45, 7) is 0.822. The van der Waals surface area contributed by atoms with Crippen LogP contribution in [0.5, 0.6) is 0 Å². The summed E-state index contributed by atoms with van der Waals surface area (Å²) in [4.78, 5) is 25.9. The fourth-order valence-electron chi connectivity index (χ4n) is 1.89. The molecule has 1 aromatic heterocycles. The van der Waals surface area contributed by atoms with E-state index in [4.69, 9.17) is 5.21 Å². The van der Waals surface area contributed by atoms with Crippen molar-refractivity contribution in [3.8, 4) is 0 Å². The van der Waals surface area contributed by atoms with Crippen LogP contribution in [0.1, 0.15) is 16.9 Å². The lowest BCUT2D eigenvalue weighted by molar-refractivity contribution is -0.114. The lowest BCUT2D eigenvalue weighted by Crippen LogP contribution is -2.30. The monoisotopic (exact) mass is 288 g/mol. The summed E-state index contributed by atoms with van der Waals surface area (Å²) in [5.74, 6) is -0.658.